The van der Waals surface area contributed by atoms with Gasteiger partial charge in [0.1, 0.15) is 23.6 Å². The van der Waals surface area contributed by atoms with Gasteiger partial charge in [0.15, 0.2) is 0 Å². The van der Waals surface area contributed by atoms with Crippen molar-refractivity contribution in [3.05, 3.63) is 12.4 Å². The number of rotatable bonds is 4. The van der Waals surface area contributed by atoms with E-state index in [2.05, 4.69) is 20.2 Å². The van der Waals surface area contributed by atoms with Gasteiger partial charge in [-0.25, -0.2) is 14.8 Å². The summed E-state index contributed by atoms with van der Waals surface area (Å²) in [5.74, 6) is 2.58. The fraction of sp³-hybridized carbons (Fsp3) is 0.722. The van der Waals surface area contributed by atoms with E-state index in [0.717, 1.165) is 37.2 Å². The predicted octanol–water partition coefficient (Wildman–Crippen LogP) is 2.74. The normalized spacial score (nSPS) is 21.2. The second kappa shape index (κ2) is 7.06. The average Bonchev–Trinajstić information content (AvgIpc) is 3.35. The lowest BCUT2D eigenvalue weighted by atomic mass is 10.2. The van der Waals surface area contributed by atoms with Crippen LogP contribution in [0.3, 0.4) is 0 Å². The van der Waals surface area contributed by atoms with Crippen LogP contribution in [0.25, 0.3) is 0 Å². The van der Waals surface area contributed by atoms with Gasteiger partial charge >= 0.3 is 6.09 Å². The van der Waals surface area contributed by atoms with Crippen molar-refractivity contribution >= 4 is 17.7 Å². The van der Waals surface area contributed by atoms with E-state index in [-0.39, 0.29) is 12.1 Å². The number of amides is 1. The van der Waals surface area contributed by atoms with Crippen LogP contribution in [0, 0.1) is 5.92 Å². The maximum atomic E-state index is 12.3. The van der Waals surface area contributed by atoms with Crippen molar-refractivity contribution in [1.82, 2.24) is 14.9 Å². The number of nitrogens with zero attached hydrogens (tertiary/aromatic N) is 4. The topological polar surface area (TPSA) is 70.6 Å². The third-order valence-electron chi connectivity index (χ3n) is 4.50. The summed E-state index contributed by atoms with van der Waals surface area (Å²) in [7, 11) is 0. The molecule has 1 aliphatic heterocycles. The Morgan fingerprint density at radius 3 is 2.72 bits per heavy atom. The lowest BCUT2D eigenvalue weighted by Crippen LogP contribution is -2.55. The molecule has 2 fully saturated rings. The second-order valence-corrected chi connectivity index (χ2v) is 8.05. The van der Waals surface area contributed by atoms with Crippen LogP contribution in [-0.4, -0.2) is 58.8 Å². The van der Waals surface area contributed by atoms with Crippen molar-refractivity contribution in [2.45, 2.75) is 52.2 Å². The van der Waals surface area contributed by atoms with Crippen LogP contribution < -0.4 is 10.2 Å². The summed E-state index contributed by atoms with van der Waals surface area (Å²) < 4.78 is 5.50. The van der Waals surface area contributed by atoms with Gasteiger partial charge in [0.05, 0.1) is 0 Å². The molecule has 2 heterocycles. The average molecular weight is 347 g/mol. The van der Waals surface area contributed by atoms with Crippen LogP contribution >= 0.6 is 0 Å². The van der Waals surface area contributed by atoms with Crippen molar-refractivity contribution in [2.75, 3.05) is 36.4 Å². The third-order valence-corrected chi connectivity index (χ3v) is 4.50. The minimum atomic E-state index is -0.470. The number of hydrogen-bond donors (Lipinski definition) is 1. The molecule has 0 spiro atoms. The number of carbonyl (C=O) groups excluding carboxylic acids is 1. The molecule has 1 saturated heterocycles. The molecule has 1 N–H and O–H groups in total. The summed E-state index contributed by atoms with van der Waals surface area (Å²) in [5.41, 5.74) is -0.470. The maximum Gasteiger partial charge on any atom is 0.410 e. The zero-order valence-corrected chi connectivity index (χ0v) is 15.7. The Morgan fingerprint density at radius 1 is 1.32 bits per heavy atom. The SMILES string of the molecule is C[C@@H]1CN(c2cc(NCC3CC3)ncn2)CCN1C(=O)OC(C)(C)C. The van der Waals surface area contributed by atoms with Gasteiger partial charge in [-0.1, -0.05) is 0 Å². The zero-order valence-electron chi connectivity index (χ0n) is 15.7. The molecule has 1 aliphatic carbocycles. The van der Waals surface area contributed by atoms with E-state index in [9.17, 15) is 4.79 Å². The van der Waals surface area contributed by atoms with Gasteiger partial charge in [0.25, 0.3) is 0 Å². The molecule has 25 heavy (non-hydrogen) atoms. The van der Waals surface area contributed by atoms with Crippen LogP contribution in [0.15, 0.2) is 12.4 Å². The summed E-state index contributed by atoms with van der Waals surface area (Å²) in [6.45, 7) is 10.8. The number of nitrogens with one attached hydrogen (secondary N) is 1. The van der Waals surface area contributed by atoms with Gasteiger partial charge in [0.2, 0.25) is 0 Å². The first-order valence-electron chi connectivity index (χ1n) is 9.12. The first-order valence-corrected chi connectivity index (χ1v) is 9.12. The first kappa shape index (κ1) is 17.8. The number of ether oxygens (including phenoxy) is 1. The molecule has 1 atom stereocenters. The first-order chi connectivity index (χ1) is 11.8. The van der Waals surface area contributed by atoms with E-state index >= 15 is 0 Å². The Labute approximate surface area is 149 Å². The maximum absolute atomic E-state index is 12.3. The molecule has 0 unspecified atom stereocenters. The van der Waals surface area contributed by atoms with Gasteiger partial charge in [-0.05, 0) is 46.5 Å². The molecule has 0 aromatic carbocycles. The van der Waals surface area contributed by atoms with E-state index in [1.54, 1.807) is 11.2 Å². The molecule has 7 nitrogen and oxygen atoms in total. The lowest BCUT2D eigenvalue weighted by Gasteiger charge is -2.40. The van der Waals surface area contributed by atoms with E-state index in [1.807, 2.05) is 33.8 Å². The van der Waals surface area contributed by atoms with E-state index in [0.29, 0.717) is 6.54 Å². The predicted molar refractivity (Wildman–Crippen MR) is 97.9 cm³/mol. The van der Waals surface area contributed by atoms with Crippen molar-refractivity contribution in [3.8, 4) is 0 Å². The molecule has 2 aliphatic rings. The van der Waals surface area contributed by atoms with Crippen molar-refractivity contribution < 1.29 is 9.53 Å². The highest BCUT2D eigenvalue weighted by Crippen LogP contribution is 2.29. The monoisotopic (exact) mass is 347 g/mol. The molecule has 1 aromatic heterocycles. The Morgan fingerprint density at radius 2 is 2.08 bits per heavy atom. The Hall–Kier alpha value is -2.05. The quantitative estimate of drug-likeness (QED) is 0.903. The van der Waals surface area contributed by atoms with E-state index in [1.165, 1.54) is 12.8 Å². The van der Waals surface area contributed by atoms with Gasteiger partial charge in [0, 0.05) is 38.3 Å². The van der Waals surface area contributed by atoms with Gasteiger partial charge in [-0.3, -0.25) is 0 Å². The van der Waals surface area contributed by atoms with Crippen LogP contribution in [0.2, 0.25) is 0 Å². The Bertz CT molecular complexity index is 612. The van der Waals surface area contributed by atoms with Crippen LogP contribution in [0.1, 0.15) is 40.5 Å². The number of hydrogen-bond acceptors (Lipinski definition) is 6. The minimum absolute atomic E-state index is 0.0708. The molecule has 0 radical (unpaired) electrons. The second-order valence-electron chi connectivity index (χ2n) is 8.05. The largest absolute Gasteiger partial charge is 0.444 e. The van der Waals surface area contributed by atoms with E-state index in [4.69, 9.17) is 4.74 Å². The zero-order chi connectivity index (χ0) is 18.0. The number of carbonyl (C=O) groups is 1. The summed E-state index contributed by atoms with van der Waals surface area (Å²) in [6.07, 6.45) is 3.99. The molecular weight excluding hydrogens is 318 g/mol. The van der Waals surface area contributed by atoms with Crippen molar-refractivity contribution in [1.29, 1.82) is 0 Å². The fourth-order valence-electron chi connectivity index (χ4n) is 2.95. The smallest absolute Gasteiger partial charge is 0.410 e. The number of aromatic nitrogens is 2. The molecule has 1 aromatic rings. The summed E-state index contributed by atoms with van der Waals surface area (Å²) in [5, 5.41) is 3.39. The summed E-state index contributed by atoms with van der Waals surface area (Å²) in [6, 6.07) is 2.07. The van der Waals surface area contributed by atoms with E-state index < -0.39 is 5.60 Å². The fourth-order valence-corrected chi connectivity index (χ4v) is 2.95. The highest BCUT2D eigenvalue weighted by atomic mass is 16.6. The Balaban J connectivity index is 1.58. The molecule has 1 saturated carbocycles. The summed E-state index contributed by atoms with van der Waals surface area (Å²) >= 11 is 0. The lowest BCUT2D eigenvalue weighted by molar-refractivity contribution is 0.0158. The summed E-state index contributed by atoms with van der Waals surface area (Å²) in [4.78, 5) is 25.0. The number of piperazine rings is 1. The van der Waals surface area contributed by atoms with Crippen LogP contribution in [0.4, 0.5) is 16.4 Å². The highest BCUT2D eigenvalue weighted by Gasteiger charge is 2.31. The molecule has 0 bridgehead atoms. The molecule has 7 heteroatoms. The third kappa shape index (κ3) is 4.96. The van der Waals surface area contributed by atoms with Gasteiger partial charge in [-0.2, -0.15) is 0 Å². The molecule has 138 valence electrons. The molecule has 1 amide bonds. The van der Waals surface area contributed by atoms with Gasteiger partial charge in [-0.15, -0.1) is 0 Å². The van der Waals surface area contributed by atoms with Crippen molar-refractivity contribution in [2.24, 2.45) is 5.92 Å². The van der Waals surface area contributed by atoms with Crippen LogP contribution in [0.5, 0.6) is 0 Å². The van der Waals surface area contributed by atoms with Crippen LogP contribution in [-0.2, 0) is 4.74 Å². The number of anilines is 2. The standard InChI is InChI=1S/C18H29N5O2/c1-13-11-22(7-8-23(13)17(24)25-18(2,3)4)16-9-15(20-12-21-16)19-10-14-5-6-14/h9,12-14H,5-8,10-11H2,1-4H3,(H,19,20,21)/t13-/m1/s1. The highest BCUT2D eigenvalue weighted by molar-refractivity contribution is 5.69. The molecule has 3 rings (SSSR count). The van der Waals surface area contributed by atoms with Crippen molar-refractivity contribution in [3.63, 3.8) is 0 Å². The molecular formula is C18H29N5O2. The minimum Gasteiger partial charge on any atom is -0.444 e. The van der Waals surface area contributed by atoms with Gasteiger partial charge < -0.3 is 19.9 Å². The Kier molecular flexibility index (Phi) is 5.01.